The van der Waals surface area contributed by atoms with Gasteiger partial charge < -0.3 is 10.6 Å². The molecule has 2 amide bonds. The summed E-state index contributed by atoms with van der Waals surface area (Å²) in [6.45, 7) is 0. The Hall–Kier alpha value is -3.74. The third-order valence-corrected chi connectivity index (χ3v) is 3.41. The Bertz CT molecular complexity index is 856. The first-order valence-corrected chi connectivity index (χ1v) is 7.72. The molecule has 0 aliphatic carbocycles. The number of non-ortho nitro benzene ring substituents is 1. The van der Waals surface area contributed by atoms with E-state index in [0.717, 1.165) is 5.56 Å². The average molecular weight is 351 g/mol. The van der Waals surface area contributed by atoms with Gasteiger partial charge >= 0.3 is 0 Å². The highest BCUT2D eigenvalue weighted by Gasteiger charge is 2.14. The predicted octanol–water partition coefficient (Wildman–Crippen LogP) is 2.67. The van der Waals surface area contributed by atoms with Crippen LogP contribution in [0.25, 0.3) is 6.08 Å². The Morgan fingerprint density at radius 3 is 2.27 bits per heavy atom. The molecule has 0 aliphatic rings. The van der Waals surface area contributed by atoms with Crippen LogP contribution in [-0.4, -0.2) is 23.8 Å². The van der Waals surface area contributed by atoms with Gasteiger partial charge in [-0.25, -0.2) is 0 Å². The van der Waals surface area contributed by atoms with Crippen molar-refractivity contribution in [2.24, 2.45) is 0 Å². The van der Waals surface area contributed by atoms with Gasteiger partial charge in [-0.1, -0.05) is 42.5 Å². The van der Waals surface area contributed by atoms with Crippen molar-refractivity contribution < 1.29 is 14.5 Å². The van der Waals surface area contributed by atoms with Crippen LogP contribution in [0, 0.1) is 10.1 Å². The molecular weight excluding hydrogens is 334 g/mol. The van der Waals surface area contributed by atoms with Gasteiger partial charge in [-0.15, -0.1) is 0 Å². The summed E-state index contributed by atoms with van der Waals surface area (Å²) in [5.74, 6) is -0.999. The molecule has 0 fully saturated rings. The fourth-order valence-electron chi connectivity index (χ4n) is 2.06. The highest BCUT2D eigenvalue weighted by atomic mass is 16.6. The normalized spacial score (nSPS) is 11.2. The molecule has 0 unspecified atom stereocenters. The quantitative estimate of drug-likeness (QED) is 0.361. The fourth-order valence-corrected chi connectivity index (χ4v) is 2.06. The molecule has 2 rings (SSSR count). The Morgan fingerprint density at radius 1 is 1.04 bits per heavy atom. The number of nitrogens with one attached hydrogen (secondary N) is 2. The summed E-state index contributed by atoms with van der Waals surface area (Å²) >= 11 is 0. The number of carbonyl (C=O) groups excluding carboxylic acids is 2. The molecular formula is C19H17N3O4. The van der Waals surface area contributed by atoms with Crippen molar-refractivity contribution in [2.75, 3.05) is 7.05 Å². The zero-order valence-corrected chi connectivity index (χ0v) is 14.0. The maximum atomic E-state index is 12.3. The van der Waals surface area contributed by atoms with E-state index in [-0.39, 0.29) is 16.9 Å². The number of nitrogens with zero attached hydrogens (tertiary/aromatic N) is 1. The largest absolute Gasteiger partial charge is 0.354 e. The first kappa shape index (κ1) is 18.6. The molecule has 7 heteroatoms. The molecule has 0 bridgehead atoms. The number of nitro benzene ring substituents is 1. The van der Waals surface area contributed by atoms with E-state index in [1.807, 2.05) is 30.3 Å². The van der Waals surface area contributed by atoms with E-state index in [9.17, 15) is 19.7 Å². The highest BCUT2D eigenvalue weighted by Crippen LogP contribution is 2.12. The van der Waals surface area contributed by atoms with E-state index >= 15 is 0 Å². The number of benzene rings is 2. The van der Waals surface area contributed by atoms with Crippen LogP contribution in [0.15, 0.2) is 72.4 Å². The highest BCUT2D eigenvalue weighted by molar-refractivity contribution is 6.03. The van der Waals surface area contributed by atoms with Crippen LogP contribution in [0.4, 0.5) is 5.69 Å². The van der Waals surface area contributed by atoms with Crippen LogP contribution in [-0.2, 0) is 4.79 Å². The van der Waals surface area contributed by atoms with Crippen LogP contribution in [0.3, 0.4) is 0 Å². The number of carbonyl (C=O) groups is 2. The summed E-state index contributed by atoms with van der Waals surface area (Å²) < 4.78 is 0. The van der Waals surface area contributed by atoms with Gasteiger partial charge in [0, 0.05) is 24.7 Å². The molecule has 132 valence electrons. The molecule has 0 atom stereocenters. The molecule has 0 spiro atoms. The lowest BCUT2D eigenvalue weighted by atomic mass is 10.2. The molecule has 2 aromatic carbocycles. The van der Waals surface area contributed by atoms with Gasteiger partial charge in [0.2, 0.25) is 0 Å². The number of hydrogen-bond donors (Lipinski definition) is 2. The maximum Gasteiger partial charge on any atom is 0.269 e. The van der Waals surface area contributed by atoms with Crippen LogP contribution in [0.1, 0.15) is 15.9 Å². The third kappa shape index (κ3) is 5.13. The summed E-state index contributed by atoms with van der Waals surface area (Å²) in [6, 6.07) is 14.6. The van der Waals surface area contributed by atoms with E-state index < -0.39 is 16.7 Å². The molecule has 2 N–H and O–H groups in total. The molecule has 2 aromatic rings. The summed E-state index contributed by atoms with van der Waals surface area (Å²) in [4.78, 5) is 34.3. The number of likely N-dealkylation sites (N-methyl/N-ethyl adjacent to an activating group) is 1. The number of nitro groups is 1. The molecule has 0 aromatic heterocycles. The third-order valence-electron chi connectivity index (χ3n) is 3.41. The van der Waals surface area contributed by atoms with Crippen LogP contribution >= 0.6 is 0 Å². The second kappa shape index (κ2) is 8.93. The molecule has 7 nitrogen and oxygen atoms in total. The fraction of sp³-hybridized carbons (Fsp3) is 0.0526. The first-order valence-electron chi connectivity index (χ1n) is 7.72. The lowest BCUT2D eigenvalue weighted by Gasteiger charge is -2.08. The Labute approximate surface area is 150 Å². The summed E-state index contributed by atoms with van der Waals surface area (Å²) in [6.07, 6.45) is 4.92. The van der Waals surface area contributed by atoms with Crippen molar-refractivity contribution >= 4 is 23.6 Å². The van der Waals surface area contributed by atoms with E-state index in [1.165, 1.54) is 37.4 Å². The molecule has 0 radical (unpaired) electrons. The van der Waals surface area contributed by atoms with Crippen molar-refractivity contribution in [3.8, 4) is 0 Å². The second-order valence-corrected chi connectivity index (χ2v) is 5.19. The monoisotopic (exact) mass is 351 g/mol. The smallest absolute Gasteiger partial charge is 0.269 e. The zero-order valence-electron chi connectivity index (χ0n) is 14.0. The second-order valence-electron chi connectivity index (χ2n) is 5.19. The van der Waals surface area contributed by atoms with Crippen LogP contribution < -0.4 is 10.6 Å². The summed E-state index contributed by atoms with van der Waals surface area (Å²) in [5, 5.41) is 15.6. The lowest BCUT2D eigenvalue weighted by molar-refractivity contribution is -0.384. The standard InChI is InChI=1S/C19H17N3O4/c1-20-19(24)17(9-5-8-14-6-3-2-4-7-14)21-18(23)15-10-12-16(13-11-15)22(25)26/h2-13H,1H3,(H,20,24)(H,21,23)/b8-5-,17-9-. The Balaban J connectivity index is 2.15. The van der Waals surface area contributed by atoms with Gasteiger partial charge in [-0.3, -0.25) is 19.7 Å². The first-order chi connectivity index (χ1) is 12.5. The summed E-state index contributed by atoms with van der Waals surface area (Å²) in [5.41, 5.74) is 1.09. The number of hydrogen-bond acceptors (Lipinski definition) is 4. The minimum absolute atomic E-state index is 0.0584. The van der Waals surface area contributed by atoms with Crippen LogP contribution in [0.5, 0.6) is 0 Å². The van der Waals surface area contributed by atoms with Crippen molar-refractivity contribution in [3.05, 3.63) is 93.7 Å². The van der Waals surface area contributed by atoms with Gasteiger partial charge in [-0.05, 0) is 23.8 Å². The van der Waals surface area contributed by atoms with Crippen molar-refractivity contribution in [1.82, 2.24) is 10.6 Å². The van der Waals surface area contributed by atoms with E-state index in [1.54, 1.807) is 12.2 Å². The number of amides is 2. The minimum atomic E-state index is -0.550. The molecule has 0 saturated heterocycles. The van der Waals surface area contributed by atoms with Gasteiger partial charge in [0.15, 0.2) is 0 Å². The van der Waals surface area contributed by atoms with Crippen LogP contribution in [0.2, 0.25) is 0 Å². The van der Waals surface area contributed by atoms with Gasteiger partial charge in [-0.2, -0.15) is 0 Å². The minimum Gasteiger partial charge on any atom is -0.354 e. The lowest BCUT2D eigenvalue weighted by Crippen LogP contribution is -2.33. The topological polar surface area (TPSA) is 101 Å². The van der Waals surface area contributed by atoms with Crippen molar-refractivity contribution in [2.45, 2.75) is 0 Å². The van der Waals surface area contributed by atoms with Crippen molar-refractivity contribution in [3.63, 3.8) is 0 Å². The molecule has 0 aliphatic heterocycles. The molecule has 0 saturated carbocycles. The number of rotatable bonds is 6. The SMILES string of the molecule is CNC(=O)/C(=C/C=C\c1ccccc1)NC(=O)c1ccc([N+](=O)[O-])cc1. The summed E-state index contributed by atoms with van der Waals surface area (Å²) in [7, 11) is 1.45. The maximum absolute atomic E-state index is 12.3. The number of allylic oxidation sites excluding steroid dienone is 2. The van der Waals surface area contributed by atoms with Gasteiger partial charge in [0.05, 0.1) is 4.92 Å². The average Bonchev–Trinajstić information content (AvgIpc) is 2.67. The molecule has 0 heterocycles. The Morgan fingerprint density at radius 2 is 1.69 bits per heavy atom. The van der Waals surface area contributed by atoms with E-state index in [0.29, 0.717) is 0 Å². The Kier molecular flexibility index (Phi) is 6.39. The van der Waals surface area contributed by atoms with Gasteiger partial charge in [0.1, 0.15) is 5.70 Å². The van der Waals surface area contributed by atoms with E-state index in [2.05, 4.69) is 10.6 Å². The molecule has 26 heavy (non-hydrogen) atoms. The van der Waals surface area contributed by atoms with E-state index in [4.69, 9.17) is 0 Å². The van der Waals surface area contributed by atoms with Crippen molar-refractivity contribution in [1.29, 1.82) is 0 Å². The van der Waals surface area contributed by atoms with Gasteiger partial charge in [0.25, 0.3) is 17.5 Å². The predicted molar refractivity (Wildman–Crippen MR) is 98.2 cm³/mol. The zero-order chi connectivity index (χ0) is 18.9.